The number of nitrogens with zero attached hydrogens (tertiary/aromatic N) is 3. The highest BCUT2D eigenvalue weighted by Gasteiger charge is 2.42. The van der Waals surface area contributed by atoms with E-state index in [0.29, 0.717) is 18.7 Å². The van der Waals surface area contributed by atoms with Crippen molar-refractivity contribution >= 4 is 23.3 Å². The largest absolute Gasteiger partial charge is 0.329 e. The standard InChI is InChI=1S/C17H16N4O2S/c1-20-13-9-21(8-11-3-2-5-18-7-11)16(22)14(13)15(19-17(20)23)12-4-6-24-10-12/h2-7,10,15H,8-9H2,1H3,(H,19,23). The Hall–Kier alpha value is -2.67. The van der Waals surface area contributed by atoms with Crippen LogP contribution < -0.4 is 5.32 Å². The number of hydrogen-bond acceptors (Lipinski definition) is 4. The van der Waals surface area contributed by atoms with Crippen LogP contribution in [-0.2, 0) is 11.3 Å². The van der Waals surface area contributed by atoms with Crippen LogP contribution in [-0.4, -0.2) is 40.3 Å². The lowest BCUT2D eigenvalue weighted by atomic mass is 9.98. The number of rotatable bonds is 3. The first-order valence-corrected chi connectivity index (χ1v) is 8.57. The van der Waals surface area contributed by atoms with Gasteiger partial charge < -0.3 is 10.2 Å². The van der Waals surface area contributed by atoms with Gasteiger partial charge in [0.15, 0.2) is 0 Å². The zero-order valence-electron chi connectivity index (χ0n) is 13.1. The van der Waals surface area contributed by atoms with E-state index in [1.165, 1.54) is 0 Å². The van der Waals surface area contributed by atoms with Gasteiger partial charge in [-0.05, 0) is 34.0 Å². The van der Waals surface area contributed by atoms with Gasteiger partial charge in [0.05, 0.1) is 23.9 Å². The van der Waals surface area contributed by atoms with Crippen LogP contribution in [0.1, 0.15) is 17.2 Å². The second kappa shape index (κ2) is 5.76. The number of pyridine rings is 1. The molecule has 0 saturated carbocycles. The first-order chi connectivity index (χ1) is 11.6. The molecule has 0 aliphatic carbocycles. The molecule has 2 aromatic rings. The molecule has 0 saturated heterocycles. The SMILES string of the molecule is CN1C(=O)NC(c2ccsc2)C2=C1CN(Cc1cccnc1)C2=O. The van der Waals surface area contributed by atoms with Crippen LogP contribution >= 0.6 is 11.3 Å². The summed E-state index contributed by atoms with van der Waals surface area (Å²) in [4.78, 5) is 32.6. The van der Waals surface area contributed by atoms with Crippen molar-refractivity contribution in [1.82, 2.24) is 20.1 Å². The highest BCUT2D eigenvalue weighted by Crippen LogP contribution is 2.36. The molecule has 1 unspecified atom stereocenters. The summed E-state index contributed by atoms with van der Waals surface area (Å²) >= 11 is 1.55. The van der Waals surface area contributed by atoms with E-state index < -0.39 is 0 Å². The Morgan fingerprint density at radius 2 is 2.25 bits per heavy atom. The van der Waals surface area contributed by atoms with Gasteiger partial charge in [-0.3, -0.25) is 14.7 Å². The van der Waals surface area contributed by atoms with Crippen LogP contribution in [0.2, 0.25) is 0 Å². The number of carbonyl (C=O) groups excluding carboxylic acids is 2. The molecule has 0 aromatic carbocycles. The number of hydrogen-bond donors (Lipinski definition) is 1. The van der Waals surface area contributed by atoms with Gasteiger partial charge in [0.2, 0.25) is 0 Å². The molecular formula is C17H16N4O2S. The predicted octanol–water partition coefficient (Wildman–Crippen LogP) is 2.14. The highest BCUT2D eigenvalue weighted by atomic mass is 32.1. The van der Waals surface area contributed by atoms with E-state index in [4.69, 9.17) is 0 Å². The topological polar surface area (TPSA) is 65.5 Å². The van der Waals surface area contributed by atoms with E-state index in [2.05, 4.69) is 10.3 Å². The molecule has 0 spiro atoms. The second-order valence-corrected chi connectivity index (χ2v) is 6.66. The van der Waals surface area contributed by atoms with Gasteiger partial charge in [-0.25, -0.2) is 4.79 Å². The molecule has 4 rings (SSSR count). The minimum atomic E-state index is -0.374. The summed E-state index contributed by atoms with van der Waals surface area (Å²) < 4.78 is 0. The van der Waals surface area contributed by atoms with Crippen molar-refractivity contribution in [2.75, 3.05) is 13.6 Å². The molecule has 2 aliphatic rings. The third-order valence-corrected chi connectivity index (χ3v) is 5.11. The van der Waals surface area contributed by atoms with Gasteiger partial charge >= 0.3 is 6.03 Å². The fourth-order valence-electron chi connectivity index (χ4n) is 3.15. The van der Waals surface area contributed by atoms with E-state index in [0.717, 1.165) is 16.8 Å². The van der Waals surface area contributed by atoms with Crippen LogP contribution in [0.4, 0.5) is 4.79 Å². The molecule has 4 heterocycles. The highest BCUT2D eigenvalue weighted by molar-refractivity contribution is 7.08. The Morgan fingerprint density at radius 3 is 2.96 bits per heavy atom. The van der Waals surface area contributed by atoms with Gasteiger partial charge in [-0.2, -0.15) is 11.3 Å². The van der Waals surface area contributed by atoms with Gasteiger partial charge in [0.1, 0.15) is 0 Å². The maximum atomic E-state index is 13.0. The first-order valence-electron chi connectivity index (χ1n) is 7.62. The third kappa shape index (κ3) is 2.37. The fraction of sp³-hybridized carbons (Fsp3) is 0.235. The molecule has 0 fully saturated rings. The van der Waals surface area contributed by atoms with Crippen molar-refractivity contribution in [2.45, 2.75) is 12.6 Å². The van der Waals surface area contributed by atoms with E-state index in [1.807, 2.05) is 29.0 Å². The molecule has 3 amide bonds. The normalized spacial score (nSPS) is 20.5. The molecule has 1 atom stereocenters. The van der Waals surface area contributed by atoms with Crippen LogP contribution in [0.15, 0.2) is 52.6 Å². The Balaban J connectivity index is 1.67. The molecule has 1 N–H and O–H groups in total. The zero-order chi connectivity index (χ0) is 16.7. The first kappa shape index (κ1) is 14.9. The van der Waals surface area contributed by atoms with Crippen LogP contribution in [0, 0.1) is 0 Å². The van der Waals surface area contributed by atoms with Gasteiger partial charge in [-0.15, -0.1) is 0 Å². The summed E-state index contributed by atoms with van der Waals surface area (Å²) in [5.41, 5.74) is 3.37. The Bertz CT molecular complexity index is 816. The lowest BCUT2D eigenvalue weighted by molar-refractivity contribution is -0.126. The maximum absolute atomic E-state index is 13.0. The smallest absolute Gasteiger partial charge is 0.322 e. The molecule has 122 valence electrons. The van der Waals surface area contributed by atoms with Crippen molar-refractivity contribution in [2.24, 2.45) is 0 Å². The van der Waals surface area contributed by atoms with Crippen molar-refractivity contribution in [3.05, 3.63) is 63.7 Å². The third-order valence-electron chi connectivity index (χ3n) is 4.41. The van der Waals surface area contributed by atoms with Crippen LogP contribution in [0.3, 0.4) is 0 Å². The summed E-state index contributed by atoms with van der Waals surface area (Å²) in [6.07, 6.45) is 3.47. The molecule has 7 heteroatoms. The molecular weight excluding hydrogens is 324 g/mol. The summed E-state index contributed by atoms with van der Waals surface area (Å²) in [6, 6.07) is 5.19. The fourth-order valence-corrected chi connectivity index (χ4v) is 3.84. The zero-order valence-corrected chi connectivity index (χ0v) is 13.9. The van der Waals surface area contributed by atoms with Crippen molar-refractivity contribution in [3.63, 3.8) is 0 Å². The number of amides is 3. The van der Waals surface area contributed by atoms with E-state index in [-0.39, 0.29) is 18.0 Å². The Morgan fingerprint density at radius 1 is 1.38 bits per heavy atom. The van der Waals surface area contributed by atoms with Crippen molar-refractivity contribution in [3.8, 4) is 0 Å². The number of thiophene rings is 1. The molecule has 0 bridgehead atoms. The molecule has 6 nitrogen and oxygen atoms in total. The lowest BCUT2D eigenvalue weighted by Crippen LogP contribution is -2.45. The molecule has 24 heavy (non-hydrogen) atoms. The van der Waals surface area contributed by atoms with Crippen LogP contribution in [0.25, 0.3) is 0 Å². The summed E-state index contributed by atoms with van der Waals surface area (Å²) in [6.45, 7) is 0.922. The Labute approximate surface area is 143 Å². The van der Waals surface area contributed by atoms with Gasteiger partial charge in [0.25, 0.3) is 5.91 Å². The number of aromatic nitrogens is 1. The van der Waals surface area contributed by atoms with Crippen LogP contribution in [0.5, 0.6) is 0 Å². The average Bonchev–Trinajstić information content (AvgIpc) is 3.22. The second-order valence-electron chi connectivity index (χ2n) is 5.88. The van der Waals surface area contributed by atoms with Gasteiger partial charge in [-0.1, -0.05) is 6.07 Å². The molecule has 2 aliphatic heterocycles. The van der Waals surface area contributed by atoms with Gasteiger partial charge in [0, 0.05) is 26.0 Å². The quantitative estimate of drug-likeness (QED) is 0.931. The van der Waals surface area contributed by atoms with Crippen molar-refractivity contribution in [1.29, 1.82) is 0 Å². The van der Waals surface area contributed by atoms with E-state index in [1.54, 1.807) is 40.6 Å². The number of carbonyl (C=O) groups is 2. The lowest BCUT2D eigenvalue weighted by Gasteiger charge is -2.30. The summed E-state index contributed by atoms with van der Waals surface area (Å²) in [7, 11) is 1.70. The minimum absolute atomic E-state index is 0.0306. The minimum Gasteiger partial charge on any atom is -0.329 e. The Kier molecular flexibility index (Phi) is 3.57. The number of urea groups is 1. The predicted molar refractivity (Wildman–Crippen MR) is 90.0 cm³/mol. The average molecular weight is 340 g/mol. The summed E-state index contributed by atoms with van der Waals surface area (Å²) in [5, 5.41) is 6.85. The van der Waals surface area contributed by atoms with Crippen molar-refractivity contribution < 1.29 is 9.59 Å². The number of nitrogens with one attached hydrogen (secondary N) is 1. The molecule has 0 radical (unpaired) electrons. The monoisotopic (exact) mass is 340 g/mol. The van der Waals surface area contributed by atoms with E-state index >= 15 is 0 Å². The number of likely N-dealkylation sites (N-methyl/N-ethyl adjacent to an activating group) is 1. The van der Waals surface area contributed by atoms with E-state index in [9.17, 15) is 9.59 Å². The summed E-state index contributed by atoms with van der Waals surface area (Å²) in [5.74, 6) is -0.0306. The maximum Gasteiger partial charge on any atom is 0.322 e. The molecule has 2 aromatic heterocycles.